The smallest absolute Gasteiger partial charge is 0.253 e. The Kier molecular flexibility index (Phi) is 6.81. The van der Waals surface area contributed by atoms with E-state index >= 15 is 0 Å². The highest BCUT2D eigenvalue weighted by Crippen LogP contribution is 2.19. The summed E-state index contributed by atoms with van der Waals surface area (Å²) in [5, 5.41) is 12.8. The van der Waals surface area contributed by atoms with Gasteiger partial charge in [-0.15, -0.1) is 12.4 Å². The summed E-state index contributed by atoms with van der Waals surface area (Å²) in [5.41, 5.74) is 0.448. The third-order valence-corrected chi connectivity index (χ3v) is 6.41. The summed E-state index contributed by atoms with van der Waals surface area (Å²) >= 11 is 0. The zero-order valence-corrected chi connectivity index (χ0v) is 15.6. The van der Waals surface area contributed by atoms with Gasteiger partial charge in [0.1, 0.15) is 0 Å². The highest BCUT2D eigenvalue weighted by molar-refractivity contribution is 7.89. The zero-order valence-electron chi connectivity index (χ0n) is 13.9. The van der Waals surface area contributed by atoms with Crippen molar-refractivity contribution in [3.05, 3.63) is 29.8 Å². The molecule has 140 valence electrons. The first kappa shape index (κ1) is 20.1. The predicted molar refractivity (Wildman–Crippen MR) is 96.5 cm³/mol. The molecule has 1 amide bonds. The average Bonchev–Trinajstić information content (AvgIpc) is 2.62. The number of benzene rings is 1. The van der Waals surface area contributed by atoms with E-state index in [9.17, 15) is 18.3 Å². The molecule has 2 N–H and O–H groups in total. The maximum absolute atomic E-state index is 12.6. The largest absolute Gasteiger partial charge is 0.391 e. The summed E-state index contributed by atoms with van der Waals surface area (Å²) in [7, 11) is -3.51. The Morgan fingerprint density at radius 3 is 2.36 bits per heavy atom. The number of hydrogen-bond donors (Lipinski definition) is 2. The second kappa shape index (κ2) is 8.46. The Hall–Kier alpha value is -1.19. The Morgan fingerprint density at radius 2 is 1.76 bits per heavy atom. The zero-order chi connectivity index (χ0) is 17.2. The molecule has 2 aliphatic heterocycles. The van der Waals surface area contributed by atoms with Gasteiger partial charge in [0.25, 0.3) is 5.91 Å². The maximum atomic E-state index is 12.6. The molecule has 9 heteroatoms. The quantitative estimate of drug-likeness (QED) is 0.776. The maximum Gasteiger partial charge on any atom is 0.253 e. The van der Waals surface area contributed by atoms with Gasteiger partial charge in [-0.2, -0.15) is 4.31 Å². The lowest BCUT2D eigenvalue weighted by Crippen LogP contribution is -2.46. The van der Waals surface area contributed by atoms with Crippen molar-refractivity contribution in [3.8, 4) is 0 Å². The Morgan fingerprint density at radius 1 is 1.12 bits per heavy atom. The number of amides is 1. The molecule has 3 rings (SSSR count). The molecular weight excluding hydrogens is 366 g/mol. The fourth-order valence-corrected chi connectivity index (χ4v) is 4.57. The van der Waals surface area contributed by atoms with E-state index in [4.69, 9.17) is 0 Å². The van der Waals surface area contributed by atoms with Gasteiger partial charge >= 0.3 is 0 Å². The molecule has 2 fully saturated rings. The summed E-state index contributed by atoms with van der Waals surface area (Å²) in [4.78, 5) is 14.3. The number of sulfonamides is 1. The van der Waals surface area contributed by atoms with Crippen LogP contribution in [0.2, 0.25) is 0 Å². The van der Waals surface area contributed by atoms with Crippen molar-refractivity contribution in [2.75, 3.05) is 39.3 Å². The van der Waals surface area contributed by atoms with E-state index in [1.165, 1.54) is 16.4 Å². The van der Waals surface area contributed by atoms with Gasteiger partial charge in [-0.3, -0.25) is 4.79 Å². The number of piperazine rings is 1. The summed E-state index contributed by atoms with van der Waals surface area (Å²) in [6, 6.07) is 6.09. The molecule has 1 unspecified atom stereocenters. The van der Waals surface area contributed by atoms with Crippen LogP contribution in [-0.4, -0.2) is 74.0 Å². The van der Waals surface area contributed by atoms with Crippen LogP contribution in [0.5, 0.6) is 0 Å². The number of aliphatic hydroxyl groups excluding tert-OH is 1. The predicted octanol–water partition coefficient (Wildman–Crippen LogP) is 0.299. The number of carbonyl (C=O) groups is 1. The van der Waals surface area contributed by atoms with Crippen molar-refractivity contribution >= 4 is 28.3 Å². The summed E-state index contributed by atoms with van der Waals surface area (Å²) in [6.45, 7) is 3.15. The van der Waals surface area contributed by atoms with E-state index in [1.54, 1.807) is 17.0 Å². The van der Waals surface area contributed by atoms with Gasteiger partial charge in [-0.1, -0.05) is 0 Å². The van der Waals surface area contributed by atoms with Crippen LogP contribution in [0.1, 0.15) is 23.2 Å². The highest BCUT2D eigenvalue weighted by atomic mass is 35.5. The lowest BCUT2D eigenvalue weighted by Gasteiger charge is -2.30. The monoisotopic (exact) mass is 389 g/mol. The normalized spacial score (nSPS) is 22.3. The van der Waals surface area contributed by atoms with Gasteiger partial charge in [0.05, 0.1) is 11.0 Å². The van der Waals surface area contributed by atoms with Gasteiger partial charge in [-0.25, -0.2) is 8.42 Å². The molecule has 0 radical (unpaired) electrons. The van der Waals surface area contributed by atoms with Crippen LogP contribution in [0.15, 0.2) is 29.2 Å². The Balaban J connectivity index is 0.00000225. The second-order valence-electron chi connectivity index (χ2n) is 6.23. The molecule has 25 heavy (non-hydrogen) atoms. The molecule has 7 nitrogen and oxygen atoms in total. The van der Waals surface area contributed by atoms with Crippen molar-refractivity contribution in [1.29, 1.82) is 0 Å². The SMILES string of the molecule is Cl.O=C(c1ccc(S(=O)(=O)N2CCNCC2)cc1)N1CCCC(O)C1. The molecule has 0 aromatic heterocycles. The molecular formula is C16H24ClN3O4S. The van der Waals surface area contributed by atoms with Crippen molar-refractivity contribution < 1.29 is 18.3 Å². The number of rotatable bonds is 3. The van der Waals surface area contributed by atoms with Gasteiger partial charge in [0.2, 0.25) is 10.0 Å². The second-order valence-corrected chi connectivity index (χ2v) is 8.16. The number of carbonyl (C=O) groups excluding carboxylic acids is 1. The number of likely N-dealkylation sites (tertiary alicyclic amines) is 1. The molecule has 2 saturated heterocycles. The first-order valence-electron chi connectivity index (χ1n) is 8.27. The molecule has 0 spiro atoms. The molecule has 0 bridgehead atoms. The standard InChI is InChI=1S/C16H23N3O4S.ClH/c20-14-2-1-9-18(12-14)16(21)13-3-5-15(6-4-13)24(22,23)19-10-7-17-8-11-19;/h3-6,14,17,20H,1-2,7-12H2;1H. The number of β-amino-alcohol motifs (C(OH)–C–C–N with tert-alkyl or cyclic N) is 1. The van der Waals surface area contributed by atoms with Gasteiger partial charge in [0, 0.05) is 44.8 Å². The number of piperidine rings is 1. The van der Waals surface area contributed by atoms with E-state index in [1.807, 2.05) is 0 Å². The van der Waals surface area contributed by atoms with Crippen LogP contribution < -0.4 is 5.32 Å². The van der Waals surface area contributed by atoms with Crippen LogP contribution >= 0.6 is 12.4 Å². The lowest BCUT2D eigenvalue weighted by molar-refractivity contribution is 0.0473. The van der Waals surface area contributed by atoms with Gasteiger partial charge in [-0.05, 0) is 37.1 Å². The van der Waals surface area contributed by atoms with Gasteiger partial charge in [0.15, 0.2) is 0 Å². The third kappa shape index (κ3) is 4.51. The number of aliphatic hydroxyl groups is 1. The number of halogens is 1. The number of nitrogens with one attached hydrogen (secondary N) is 1. The Bertz CT molecular complexity index is 690. The van der Waals surface area contributed by atoms with Crippen molar-refractivity contribution in [3.63, 3.8) is 0 Å². The van der Waals surface area contributed by atoms with Crippen LogP contribution in [0.25, 0.3) is 0 Å². The average molecular weight is 390 g/mol. The van der Waals surface area contributed by atoms with Crippen molar-refractivity contribution in [1.82, 2.24) is 14.5 Å². The molecule has 0 aliphatic carbocycles. The fraction of sp³-hybridized carbons (Fsp3) is 0.562. The van der Waals surface area contributed by atoms with E-state index in [0.717, 1.165) is 6.42 Å². The molecule has 2 heterocycles. The molecule has 1 atom stereocenters. The summed E-state index contributed by atoms with van der Waals surface area (Å²) < 4.78 is 26.6. The Labute approximate surface area is 154 Å². The van der Waals surface area contributed by atoms with Crippen LogP contribution in [-0.2, 0) is 10.0 Å². The summed E-state index contributed by atoms with van der Waals surface area (Å²) in [6.07, 6.45) is 1.02. The van der Waals surface area contributed by atoms with Crippen LogP contribution in [0.3, 0.4) is 0 Å². The van der Waals surface area contributed by atoms with Crippen molar-refractivity contribution in [2.24, 2.45) is 0 Å². The van der Waals surface area contributed by atoms with E-state index in [-0.39, 0.29) is 23.2 Å². The van der Waals surface area contributed by atoms with Crippen molar-refractivity contribution in [2.45, 2.75) is 23.8 Å². The van der Waals surface area contributed by atoms with Gasteiger partial charge < -0.3 is 15.3 Å². The minimum atomic E-state index is -3.51. The fourth-order valence-electron chi connectivity index (χ4n) is 3.13. The molecule has 0 saturated carbocycles. The van der Waals surface area contributed by atoms with E-state index < -0.39 is 16.1 Å². The van der Waals surface area contributed by atoms with Crippen LogP contribution in [0.4, 0.5) is 0 Å². The first-order chi connectivity index (χ1) is 11.5. The molecule has 1 aromatic carbocycles. The minimum Gasteiger partial charge on any atom is -0.391 e. The first-order valence-corrected chi connectivity index (χ1v) is 9.71. The molecule has 1 aromatic rings. The summed E-state index contributed by atoms with van der Waals surface area (Å²) in [5.74, 6) is -0.167. The lowest BCUT2D eigenvalue weighted by atomic mass is 10.1. The van der Waals surface area contributed by atoms with E-state index in [2.05, 4.69) is 5.32 Å². The molecule has 2 aliphatic rings. The van der Waals surface area contributed by atoms with E-state index in [0.29, 0.717) is 51.3 Å². The highest BCUT2D eigenvalue weighted by Gasteiger charge is 2.27. The minimum absolute atomic E-state index is 0. The van der Waals surface area contributed by atoms with Crippen LogP contribution in [0, 0.1) is 0 Å². The third-order valence-electron chi connectivity index (χ3n) is 4.50. The number of hydrogen-bond acceptors (Lipinski definition) is 5. The number of nitrogens with zero attached hydrogens (tertiary/aromatic N) is 2. The topological polar surface area (TPSA) is 90.0 Å².